The number of nitrogens with two attached hydrogens (primary N) is 1. The summed E-state index contributed by atoms with van der Waals surface area (Å²) in [7, 11) is 0. The van der Waals surface area contributed by atoms with Gasteiger partial charge in [0, 0.05) is 11.6 Å². The first kappa shape index (κ1) is 17.7. The predicted octanol–water partition coefficient (Wildman–Crippen LogP) is 2.14. The van der Waals surface area contributed by atoms with E-state index in [9.17, 15) is 13.2 Å². The van der Waals surface area contributed by atoms with E-state index in [4.69, 9.17) is 10.8 Å². The quantitative estimate of drug-likeness (QED) is 0.664. The molecule has 1 atom stereocenters. The van der Waals surface area contributed by atoms with Crippen molar-refractivity contribution < 1.29 is 18.3 Å². The van der Waals surface area contributed by atoms with Gasteiger partial charge < -0.3 is 10.8 Å². The maximum absolute atomic E-state index is 12.3. The Kier molecular flexibility index (Phi) is 7.17. The molecule has 6 heteroatoms. The summed E-state index contributed by atoms with van der Waals surface area (Å²) in [5.41, 5.74) is 5.12. The molecule has 0 spiro atoms. The smallest absolute Gasteiger partial charge is 0.394 e. The fourth-order valence-electron chi connectivity index (χ4n) is 1.67. The van der Waals surface area contributed by atoms with Crippen LogP contribution in [0.1, 0.15) is 40.0 Å². The molecule has 0 saturated carbocycles. The van der Waals surface area contributed by atoms with Crippen LogP contribution in [0.5, 0.6) is 0 Å². The molecule has 0 aromatic carbocycles. The van der Waals surface area contributed by atoms with E-state index in [1.165, 1.54) is 4.90 Å². The number of hydrogen-bond donors (Lipinski definition) is 2. The minimum Gasteiger partial charge on any atom is -0.394 e. The Bertz CT molecular complexity index is 230. The summed E-state index contributed by atoms with van der Waals surface area (Å²) >= 11 is 0. The lowest BCUT2D eigenvalue weighted by atomic mass is 9.97. The van der Waals surface area contributed by atoms with Crippen LogP contribution in [0, 0.1) is 0 Å². The summed E-state index contributed by atoms with van der Waals surface area (Å²) in [4.78, 5) is 1.41. The van der Waals surface area contributed by atoms with Crippen molar-refractivity contribution in [2.24, 2.45) is 5.73 Å². The van der Waals surface area contributed by atoms with E-state index in [-0.39, 0.29) is 12.6 Å². The minimum absolute atomic E-state index is 0.108. The molecule has 0 saturated heterocycles. The minimum atomic E-state index is -4.16. The Labute approximate surface area is 107 Å². The summed E-state index contributed by atoms with van der Waals surface area (Å²) < 4.78 is 37.0. The van der Waals surface area contributed by atoms with Crippen LogP contribution in [0.15, 0.2) is 0 Å². The molecule has 0 radical (unpaired) electrons. The topological polar surface area (TPSA) is 49.5 Å². The third kappa shape index (κ3) is 8.72. The van der Waals surface area contributed by atoms with Crippen molar-refractivity contribution in [1.82, 2.24) is 4.90 Å². The van der Waals surface area contributed by atoms with E-state index in [1.54, 1.807) is 20.8 Å². The SMILES string of the molecule is CC(C)N(CCCCC(C)(N)CO)CC(F)(F)F. The molecule has 0 amide bonds. The van der Waals surface area contributed by atoms with Gasteiger partial charge in [-0.3, -0.25) is 4.90 Å². The summed E-state index contributed by atoms with van der Waals surface area (Å²) in [6.07, 6.45) is -2.17. The zero-order valence-electron chi connectivity index (χ0n) is 11.4. The molecule has 0 bridgehead atoms. The molecule has 18 heavy (non-hydrogen) atoms. The standard InChI is InChI=1S/C12H25F3N2O/c1-10(2)17(8-12(13,14)15)7-5-4-6-11(3,16)9-18/h10,18H,4-9,16H2,1-3H3. The van der Waals surface area contributed by atoms with Crippen LogP contribution in [0.4, 0.5) is 13.2 Å². The summed E-state index contributed by atoms with van der Waals surface area (Å²) in [5, 5.41) is 8.96. The van der Waals surface area contributed by atoms with E-state index < -0.39 is 18.3 Å². The van der Waals surface area contributed by atoms with Gasteiger partial charge in [0.1, 0.15) is 0 Å². The average molecular weight is 270 g/mol. The molecule has 0 rings (SSSR count). The van der Waals surface area contributed by atoms with Crippen molar-refractivity contribution in [2.45, 2.75) is 57.8 Å². The molecule has 3 nitrogen and oxygen atoms in total. The van der Waals surface area contributed by atoms with Crippen LogP contribution in [-0.2, 0) is 0 Å². The molecule has 0 aliphatic rings. The van der Waals surface area contributed by atoms with E-state index >= 15 is 0 Å². The second kappa shape index (κ2) is 7.31. The third-order valence-corrected chi connectivity index (χ3v) is 2.92. The monoisotopic (exact) mass is 270 g/mol. The first-order valence-corrected chi connectivity index (χ1v) is 6.28. The van der Waals surface area contributed by atoms with Gasteiger partial charge in [-0.1, -0.05) is 6.42 Å². The molecule has 3 N–H and O–H groups in total. The Morgan fingerprint density at radius 3 is 2.17 bits per heavy atom. The van der Waals surface area contributed by atoms with Crippen molar-refractivity contribution >= 4 is 0 Å². The summed E-state index contributed by atoms with van der Waals surface area (Å²) in [5.74, 6) is 0. The molecule has 0 aliphatic carbocycles. The highest BCUT2D eigenvalue weighted by atomic mass is 19.4. The number of halogens is 3. The van der Waals surface area contributed by atoms with Crippen LogP contribution < -0.4 is 5.73 Å². The average Bonchev–Trinajstić information content (AvgIpc) is 2.20. The van der Waals surface area contributed by atoms with E-state index in [0.717, 1.165) is 0 Å². The van der Waals surface area contributed by atoms with Crippen LogP contribution in [0.3, 0.4) is 0 Å². The Morgan fingerprint density at radius 2 is 1.78 bits per heavy atom. The van der Waals surface area contributed by atoms with Crippen LogP contribution in [-0.4, -0.2) is 47.5 Å². The van der Waals surface area contributed by atoms with Gasteiger partial charge in [0.2, 0.25) is 0 Å². The molecule has 0 aromatic rings. The highest BCUT2D eigenvalue weighted by Gasteiger charge is 2.31. The molecule has 0 aliphatic heterocycles. The zero-order chi connectivity index (χ0) is 14.4. The summed E-state index contributed by atoms with van der Waals surface area (Å²) in [6, 6.07) is -0.131. The normalized spacial score (nSPS) is 16.3. The number of aliphatic hydroxyl groups excluding tert-OH is 1. The van der Waals surface area contributed by atoms with E-state index in [1.807, 2.05) is 0 Å². The van der Waals surface area contributed by atoms with Crippen molar-refractivity contribution in [2.75, 3.05) is 19.7 Å². The third-order valence-electron chi connectivity index (χ3n) is 2.92. The fourth-order valence-corrected chi connectivity index (χ4v) is 1.67. The molecular weight excluding hydrogens is 245 g/mol. The van der Waals surface area contributed by atoms with Crippen LogP contribution >= 0.6 is 0 Å². The van der Waals surface area contributed by atoms with Gasteiger partial charge in [-0.2, -0.15) is 13.2 Å². The summed E-state index contributed by atoms with van der Waals surface area (Å²) in [6.45, 7) is 4.68. The maximum atomic E-state index is 12.3. The number of unbranched alkanes of at least 4 members (excludes halogenated alkanes) is 1. The highest BCUT2D eigenvalue weighted by Crippen LogP contribution is 2.19. The molecule has 1 unspecified atom stereocenters. The number of alkyl halides is 3. The molecule has 0 fully saturated rings. The molecular formula is C12H25F3N2O. The van der Waals surface area contributed by atoms with Crippen molar-refractivity contribution in [1.29, 1.82) is 0 Å². The van der Waals surface area contributed by atoms with Gasteiger partial charge in [0.05, 0.1) is 13.2 Å². The first-order chi connectivity index (χ1) is 8.07. The van der Waals surface area contributed by atoms with Gasteiger partial charge in [0.25, 0.3) is 0 Å². The van der Waals surface area contributed by atoms with E-state index in [2.05, 4.69) is 0 Å². The van der Waals surface area contributed by atoms with Gasteiger partial charge >= 0.3 is 6.18 Å². The fraction of sp³-hybridized carbons (Fsp3) is 1.00. The Hall–Kier alpha value is -0.330. The van der Waals surface area contributed by atoms with Crippen molar-refractivity contribution in [3.05, 3.63) is 0 Å². The van der Waals surface area contributed by atoms with Crippen LogP contribution in [0.2, 0.25) is 0 Å². The lowest BCUT2D eigenvalue weighted by molar-refractivity contribution is -0.149. The van der Waals surface area contributed by atoms with E-state index in [0.29, 0.717) is 25.8 Å². The highest BCUT2D eigenvalue weighted by molar-refractivity contribution is 4.77. The Morgan fingerprint density at radius 1 is 1.22 bits per heavy atom. The van der Waals surface area contributed by atoms with Crippen molar-refractivity contribution in [3.63, 3.8) is 0 Å². The lowest BCUT2D eigenvalue weighted by Gasteiger charge is -2.28. The molecule has 110 valence electrons. The van der Waals surface area contributed by atoms with Crippen LogP contribution in [0.25, 0.3) is 0 Å². The van der Waals surface area contributed by atoms with Gasteiger partial charge in [-0.15, -0.1) is 0 Å². The van der Waals surface area contributed by atoms with Gasteiger partial charge in [-0.05, 0) is 40.2 Å². The van der Waals surface area contributed by atoms with Crippen molar-refractivity contribution in [3.8, 4) is 0 Å². The second-order valence-corrected chi connectivity index (χ2v) is 5.45. The zero-order valence-corrected chi connectivity index (χ0v) is 11.4. The Balaban J connectivity index is 3.99. The van der Waals surface area contributed by atoms with Gasteiger partial charge in [-0.25, -0.2) is 0 Å². The largest absolute Gasteiger partial charge is 0.401 e. The number of nitrogens with zero attached hydrogens (tertiary/aromatic N) is 1. The maximum Gasteiger partial charge on any atom is 0.401 e. The lowest BCUT2D eigenvalue weighted by Crippen LogP contribution is -2.41. The second-order valence-electron chi connectivity index (χ2n) is 5.45. The molecule has 0 heterocycles. The van der Waals surface area contributed by atoms with Gasteiger partial charge in [0.15, 0.2) is 0 Å². The number of aliphatic hydroxyl groups is 1. The molecule has 0 aromatic heterocycles. The number of hydrogen-bond acceptors (Lipinski definition) is 3. The predicted molar refractivity (Wildman–Crippen MR) is 66.3 cm³/mol. The first-order valence-electron chi connectivity index (χ1n) is 6.28. The number of rotatable bonds is 8.